The quantitative estimate of drug-likeness (QED) is 0.442. The highest BCUT2D eigenvalue weighted by Gasteiger charge is 2.18. The van der Waals surface area contributed by atoms with Crippen molar-refractivity contribution in [1.82, 2.24) is 14.5 Å². The standard InChI is InChI=1S/C15H10BrCl2N3O2S/c1-7-3-10(17)13(11(18)4-7)21-6-9(16)12-8(14(21)22)5-19-15(20-12)24(2)23/h3-6H,1-2H3. The molecule has 0 N–H and O–H groups in total. The third-order valence-electron chi connectivity index (χ3n) is 3.34. The lowest BCUT2D eigenvalue weighted by Gasteiger charge is -2.13. The molecule has 3 aromatic rings. The largest absolute Gasteiger partial charge is 0.609 e. The second-order valence-electron chi connectivity index (χ2n) is 5.10. The van der Waals surface area contributed by atoms with E-state index >= 15 is 0 Å². The fourth-order valence-corrected chi connectivity index (χ4v) is 4.00. The van der Waals surface area contributed by atoms with Crippen molar-refractivity contribution in [1.29, 1.82) is 0 Å². The first-order valence-corrected chi connectivity index (χ1v) is 9.77. The van der Waals surface area contributed by atoms with E-state index < -0.39 is 11.2 Å². The monoisotopic (exact) mass is 445 g/mol. The topological polar surface area (TPSA) is 70.8 Å². The van der Waals surface area contributed by atoms with E-state index in [1.54, 1.807) is 18.3 Å². The predicted octanol–water partition coefficient (Wildman–Crippen LogP) is 3.90. The van der Waals surface area contributed by atoms with Gasteiger partial charge >= 0.3 is 5.16 Å². The second kappa shape index (κ2) is 6.65. The van der Waals surface area contributed by atoms with E-state index in [2.05, 4.69) is 25.9 Å². The molecule has 0 saturated heterocycles. The molecule has 9 heteroatoms. The first-order valence-electron chi connectivity index (χ1n) is 6.67. The van der Waals surface area contributed by atoms with Crippen LogP contribution in [0.25, 0.3) is 16.6 Å². The molecular formula is C15H10BrCl2N3O2S. The molecule has 5 nitrogen and oxygen atoms in total. The number of nitrogens with zero attached hydrogens (tertiary/aromatic N) is 3. The molecule has 24 heavy (non-hydrogen) atoms. The van der Waals surface area contributed by atoms with Crippen molar-refractivity contribution >= 4 is 61.2 Å². The SMILES string of the molecule is Cc1cc(Cl)c(-n2cc(Br)c3nc([S+](C)[O-])ncc3c2=O)c(Cl)c1. The van der Waals surface area contributed by atoms with Crippen molar-refractivity contribution in [3.05, 3.63) is 55.0 Å². The van der Waals surface area contributed by atoms with Crippen LogP contribution in [0.4, 0.5) is 0 Å². The number of pyridine rings is 1. The molecule has 0 spiro atoms. The minimum Gasteiger partial charge on any atom is -0.609 e. The molecule has 124 valence electrons. The van der Waals surface area contributed by atoms with Crippen LogP contribution in [0.5, 0.6) is 0 Å². The molecule has 1 atom stereocenters. The maximum atomic E-state index is 12.8. The van der Waals surface area contributed by atoms with Crippen LogP contribution < -0.4 is 5.56 Å². The maximum Gasteiger partial charge on any atom is 0.343 e. The number of rotatable bonds is 2. The van der Waals surface area contributed by atoms with Crippen LogP contribution in [0, 0.1) is 6.92 Å². The molecule has 0 aliphatic heterocycles. The van der Waals surface area contributed by atoms with E-state index in [9.17, 15) is 9.35 Å². The number of aromatic nitrogens is 3. The number of hydrogen-bond donors (Lipinski definition) is 0. The molecule has 0 saturated carbocycles. The van der Waals surface area contributed by atoms with E-state index in [-0.39, 0.29) is 16.1 Å². The summed E-state index contributed by atoms with van der Waals surface area (Å²) < 4.78 is 13.4. The highest BCUT2D eigenvalue weighted by atomic mass is 79.9. The lowest BCUT2D eigenvalue weighted by molar-refractivity contribution is 0.592. The maximum absolute atomic E-state index is 12.8. The highest BCUT2D eigenvalue weighted by molar-refractivity contribution is 9.10. The summed E-state index contributed by atoms with van der Waals surface area (Å²) in [4.78, 5) is 21.0. The summed E-state index contributed by atoms with van der Waals surface area (Å²) in [5.74, 6) is 0. The van der Waals surface area contributed by atoms with Crippen molar-refractivity contribution in [2.24, 2.45) is 0 Å². The van der Waals surface area contributed by atoms with Gasteiger partial charge in [-0.05, 0) is 40.5 Å². The summed E-state index contributed by atoms with van der Waals surface area (Å²) in [5.41, 5.74) is 1.30. The van der Waals surface area contributed by atoms with Crippen LogP contribution in [-0.2, 0) is 11.2 Å². The van der Waals surface area contributed by atoms with Crippen molar-refractivity contribution in [2.75, 3.05) is 6.26 Å². The Morgan fingerprint density at radius 1 is 1.29 bits per heavy atom. The minimum absolute atomic E-state index is 0.159. The average molecular weight is 447 g/mol. The molecular weight excluding hydrogens is 437 g/mol. The van der Waals surface area contributed by atoms with E-state index in [1.165, 1.54) is 17.0 Å². The van der Waals surface area contributed by atoms with E-state index in [1.807, 2.05) is 6.92 Å². The fraction of sp³-hybridized carbons (Fsp3) is 0.133. The smallest absolute Gasteiger partial charge is 0.343 e. The van der Waals surface area contributed by atoms with Crippen LogP contribution in [0.2, 0.25) is 10.0 Å². The Morgan fingerprint density at radius 2 is 1.92 bits per heavy atom. The zero-order valence-corrected chi connectivity index (χ0v) is 16.4. The van der Waals surface area contributed by atoms with Gasteiger partial charge in [0.05, 0.1) is 25.6 Å². The van der Waals surface area contributed by atoms with Crippen LogP contribution >= 0.6 is 39.1 Å². The molecule has 1 aromatic carbocycles. The molecule has 0 fully saturated rings. The molecule has 0 radical (unpaired) electrons. The predicted molar refractivity (Wildman–Crippen MR) is 99.9 cm³/mol. The Hall–Kier alpha value is -1.12. The van der Waals surface area contributed by atoms with Gasteiger partial charge in [0, 0.05) is 23.6 Å². The van der Waals surface area contributed by atoms with Gasteiger partial charge in [0.15, 0.2) is 0 Å². The third-order valence-corrected chi connectivity index (χ3v) is 5.21. The van der Waals surface area contributed by atoms with Gasteiger partial charge in [-0.3, -0.25) is 9.36 Å². The first-order chi connectivity index (χ1) is 11.3. The Labute approximate surface area is 158 Å². The third kappa shape index (κ3) is 3.07. The number of benzene rings is 1. The lowest BCUT2D eigenvalue weighted by atomic mass is 10.2. The number of hydrogen-bond acceptors (Lipinski definition) is 4. The molecule has 3 rings (SSSR count). The molecule has 0 amide bonds. The molecule has 2 aromatic heterocycles. The summed E-state index contributed by atoms with van der Waals surface area (Å²) in [6, 6.07) is 3.46. The molecule has 2 heterocycles. The fourth-order valence-electron chi connectivity index (χ4n) is 2.29. The van der Waals surface area contributed by atoms with E-state index in [0.717, 1.165) is 5.56 Å². The number of fused-ring (bicyclic) bond motifs is 1. The second-order valence-corrected chi connectivity index (χ2v) is 8.04. The Morgan fingerprint density at radius 3 is 2.50 bits per heavy atom. The molecule has 1 unspecified atom stereocenters. The van der Waals surface area contributed by atoms with Gasteiger partial charge < -0.3 is 4.55 Å². The van der Waals surface area contributed by atoms with Gasteiger partial charge in [-0.2, -0.15) is 9.97 Å². The Kier molecular flexibility index (Phi) is 4.90. The first kappa shape index (κ1) is 17.7. The van der Waals surface area contributed by atoms with Gasteiger partial charge in [-0.25, -0.2) is 0 Å². The summed E-state index contributed by atoms with van der Waals surface area (Å²) >= 11 is 14.6. The summed E-state index contributed by atoms with van der Waals surface area (Å²) in [6.45, 7) is 1.86. The van der Waals surface area contributed by atoms with Crippen LogP contribution in [-0.4, -0.2) is 25.3 Å². The molecule has 0 aliphatic carbocycles. The van der Waals surface area contributed by atoms with Gasteiger partial charge in [-0.15, -0.1) is 0 Å². The average Bonchev–Trinajstić information content (AvgIpc) is 2.50. The Bertz CT molecular complexity index is 1000. The van der Waals surface area contributed by atoms with Crippen molar-refractivity contribution in [3.8, 4) is 5.69 Å². The van der Waals surface area contributed by atoms with Crippen molar-refractivity contribution in [3.63, 3.8) is 0 Å². The lowest BCUT2D eigenvalue weighted by Crippen LogP contribution is -2.20. The highest BCUT2D eigenvalue weighted by Crippen LogP contribution is 2.31. The van der Waals surface area contributed by atoms with Gasteiger partial charge in [0.2, 0.25) is 0 Å². The normalized spacial score (nSPS) is 12.6. The van der Waals surface area contributed by atoms with Crippen molar-refractivity contribution < 1.29 is 4.55 Å². The van der Waals surface area contributed by atoms with Crippen LogP contribution in [0.15, 0.2) is 39.0 Å². The number of halogens is 3. The minimum atomic E-state index is -1.35. The Balaban J connectivity index is 2.35. The van der Waals surface area contributed by atoms with Gasteiger partial charge in [-0.1, -0.05) is 23.2 Å². The van der Waals surface area contributed by atoms with E-state index in [4.69, 9.17) is 23.2 Å². The molecule has 0 aliphatic rings. The van der Waals surface area contributed by atoms with E-state index in [0.29, 0.717) is 25.7 Å². The summed E-state index contributed by atoms with van der Waals surface area (Å²) in [6.07, 6.45) is 4.38. The molecule has 0 bridgehead atoms. The van der Waals surface area contributed by atoms with Crippen LogP contribution in [0.1, 0.15) is 5.56 Å². The zero-order valence-electron chi connectivity index (χ0n) is 12.5. The zero-order chi connectivity index (χ0) is 17.6. The summed E-state index contributed by atoms with van der Waals surface area (Å²) in [7, 11) is 0. The number of aryl methyl sites for hydroxylation is 1. The van der Waals surface area contributed by atoms with Gasteiger partial charge in [0.1, 0.15) is 11.8 Å². The van der Waals surface area contributed by atoms with Crippen molar-refractivity contribution in [2.45, 2.75) is 12.1 Å². The summed E-state index contributed by atoms with van der Waals surface area (Å²) in [5, 5.41) is 1.15. The van der Waals surface area contributed by atoms with Gasteiger partial charge in [0.25, 0.3) is 5.56 Å². The van der Waals surface area contributed by atoms with Crippen LogP contribution in [0.3, 0.4) is 0 Å².